The molecule has 7 heteroatoms. The Labute approximate surface area is 202 Å². The molecular weight excluding hydrogens is 455 g/mol. The molecule has 3 heterocycles. The van der Waals surface area contributed by atoms with Crippen LogP contribution in [0.5, 0.6) is 0 Å². The van der Waals surface area contributed by atoms with Gasteiger partial charge in [-0.05, 0) is 61.0 Å². The van der Waals surface area contributed by atoms with Crippen molar-refractivity contribution in [2.24, 2.45) is 0 Å². The van der Waals surface area contributed by atoms with Gasteiger partial charge in [-0.1, -0.05) is 29.3 Å². The Hall–Kier alpha value is -3.15. The summed E-state index contributed by atoms with van der Waals surface area (Å²) >= 11 is 12.4. The molecule has 0 atom stereocenters. The maximum absolute atomic E-state index is 13.7. The molecule has 0 bridgehead atoms. The molecule has 0 N–H and O–H groups in total. The molecule has 0 radical (unpaired) electrons. The lowest BCUT2D eigenvalue weighted by atomic mass is 10.0. The zero-order valence-corrected chi connectivity index (χ0v) is 19.6. The number of aryl methyl sites for hydroxylation is 1. The summed E-state index contributed by atoms with van der Waals surface area (Å²) in [6, 6.07) is 17.2. The minimum Gasteiger partial charge on any atom is -0.368 e. The standard InChI is InChI=1S/C26H22Cl2N4O/c1-17-23(28)9-8-21-22(15-24(30-25(17)21)18-3-2-10-29-16-18)26(33)32-13-11-31(12-14-32)20-6-4-19(27)5-7-20/h2-10,15-16H,11-14H2,1H3. The van der Waals surface area contributed by atoms with Crippen molar-refractivity contribution >= 4 is 45.7 Å². The molecule has 0 aliphatic carbocycles. The molecule has 0 spiro atoms. The zero-order chi connectivity index (χ0) is 22.9. The van der Waals surface area contributed by atoms with E-state index in [9.17, 15) is 4.79 Å². The summed E-state index contributed by atoms with van der Waals surface area (Å²) in [5, 5.41) is 2.17. The third kappa shape index (κ3) is 4.26. The molecule has 1 aliphatic heterocycles. The smallest absolute Gasteiger partial charge is 0.254 e. The van der Waals surface area contributed by atoms with Crippen LogP contribution in [-0.4, -0.2) is 47.0 Å². The number of piperazine rings is 1. The highest BCUT2D eigenvalue weighted by molar-refractivity contribution is 6.32. The van der Waals surface area contributed by atoms with Crippen molar-refractivity contribution in [3.05, 3.63) is 88.2 Å². The minimum absolute atomic E-state index is 0.00465. The first-order valence-corrected chi connectivity index (χ1v) is 11.6. The van der Waals surface area contributed by atoms with Crippen molar-refractivity contribution in [3.63, 3.8) is 0 Å². The predicted octanol–water partition coefficient (Wildman–Crippen LogP) is 5.87. The average Bonchev–Trinajstić information content (AvgIpc) is 2.86. The van der Waals surface area contributed by atoms with E-state index in [0.717, 1.165) is 45.8 Å². The number of anilines is 1. The second-order valence-electron chi connectivity index (χ2n) is 8.12. The monoisotopic (exact) mass is 476 g/mol. The second kappa shape index (κ2) is 9.00. The summed E-state index contributed by atoms with van der Waals surface area (Å²) in [5.41, 5.74) is 4.93. The van der Waals surface area contributed by atoms with Crippen LogP contribution in [0, 0.1) is 6.92 Å². The first-order chi connectivity index (χ1) is 16.0. The topological polar surface area (TPSA) is 49.3 Å². The SMILES string of the molecule is Cc1c(Cl)ccc2c(C(=O)N3CCN(c4ccc(Cl)cc4)CC3)cc(-c3cccnc3)nc12. The van der Waals surface area contributed by atoms with Crippen LogP contribution in [0.4, 0.5) is 5.69 Å². The van der Waals surface area contributed by atoms with Gasteiger partial charge in [-0.25, -0.2) is 4.98 Å². The van der Waals surface area contributed by atoms with Crippen molar-refractivity contribution in [3.8, 4) is 11.3 Å². The van der Waals surface area contributed by atoms with Crippen molar-refractivity contribution in [1.29, 1.82) is 0 Å². The Balaban J connectivity index is 1.48. The van der Waals surface area contributed by atoms with Crippen LogP contribution < -0.4 is 4.90 Å². The molecule has 0 unspecified atom stereocenters. The molecule has 1 saturated heterocycles. The summed E-state index contributed by atoms with van der Waals surface area (Å²) in [6.45, 7) is 4.73. The number of hydrogen-bond donors (Lipinski definition) is 0. The number of halogens is 2. The summed E-state index contributed by atoms with van der Waals surface area (Å²) in [7, 11) is 0. The second-order valence-corrected chi connectivity index (χ2v) is 8.96. The highest BCUT2D eigenvalue weighted by atomic mass is 35.5. The van der Waals surface area contributed by atoms with Crippen LogP contribution in [0.15, 0.2) is 67.0 Å². The lowest BCUT2D eigenvalue weighted by Crippen LogP contribution is -2.48. The van der Waals surface area contributed by atoms with E-state index in [-0.39, 0.29) is 5.91 Å². The van der Waals surface area contributed by atoms with Crippen LogP contribution >= 0.6 is 23.2 Å². The van der Waals surface area contributed by atoms with Crippen molar-refractivity contribution in [2.75, 3.05) is 31.1 Å². The van der Waals surface area contributed by atoms with Gasteiger partial charge < -0.3 is 9.80 Å². The molecule has 5 nitrogen and oxygen atoms in total. The van der Waals surface area contributed by atoms with Gasteiger partial charge in [0.05, 0.1) is 16.8 Å². The Morgan fingerprint density at radius 3 is 2.42 bits per heavy atom. The molecule has 166 valence electrons. The fourth-order valence-electron chi connectivity index (χ4n) is 4.23. The molecule has 1 aliphatic rings. The number of aromatic nitrogens is 2. The third-order valence-electron chi connectivity index (χ3n) is 6.11. The van der Waals surface area contributed by atoms with Gasteiger partial charge >= 0.3 is 0 Å². The third-order valence-corrected chi connectivity index (χ3v) is 6.78. The summed E-state index contributed by atoms with van der Waals surface area (Å²) in [5.74, 6) is 0.00465. The maximum Gasteiger partial charge on any atom is 0.254 e. The van der Waals surface area contributed by atoms with E-state index < -0.39 is 0 Å². The highest BCUT2D eigenvalue weighted by Gasteiger charge is 2.25. The maximum atomic E-state index is 13.7. The van der Waals surface area contributed by atoms with Gasteiger partial charge in [-0.3, -0.25) is 9.78 Å². The molecular formula is C26H22Cl2N4O. The lowest BCUT2D eigenvalue weighted by molar-refractivity contribution is 0.0748. The fraction of sp³-hybridized carbons (Fsp3) is 0.192. The first-order valence-electron chi connectivity index (χ1n) is 10.8. The number of carbonyl (C=O) groups is 1. The Morgan fingerprint density at radius 2 is 1.73 bits per heavy atom. The molecule has 4 aromatic rings. The number of carbonyl (C=O) groups excluding carboxylic acids is 1. The predicted molar refractivity (Wildman–Crippen MR) is 134 cm³/mol. The highest BCUT2D eigenvalue weighted by Crippen LogP contribution is 2.31. The number of fused-ring (bicyclic) bond motifs is 1. The van der Waals surface area contributed by atoms with Crippen LogP contribution in [-0.2, 0) is 0 Å². The average molecular weight is 477 g/mol. The summed E-state index contributed by atoms with van der Waals surface area (Å²) in [6.07, 6.45) is 3.48. The van der Waals surface area contributed by atoms with Gasteiger partial charge in [-0.2, -0.15) is 0 Å². The molecule has 2 aromatic carbocycles. The minimum atomic E-state index is 0.00465. The van der Waals surface area contributed by atoms with Crippen LogP contribution in [0.2, 0.25) is 10.0 Å². The summed E-state index contributed by atoms with van der Waals surface area (Å²) in [4.78, 5) is 26.9. The zero-order valence-electron chi connectivity index (χ0n) is 18.1. The quantitative estimate of drug-likeness (QED) is 0.370. The molecule has 5 rings (SSSR count). The van der Waals surface area contributed by atoms with E-state index in [1.165, 1.54) is 0 Å². The fourth-order valence-corrected chi connectivity index (χ4v) is 4.51. The van der Waals surface area contributed by atoms with Gasteiger partial charge in [0.15, 0.2) is 0 Å². The van der Waals surface area contributed by atoms with E-state index in [1.807, 2.05) is 66.4 Å². The van der Waals surface area contributed by atoms with E-state index in [2.05, 4.69) is 9.88 Å². The molecule has 33 heavy (non-hydrogen) atoms. The molecule has 0 saturated carbocycles. The van der Waals surface area contributed by atoms with Crippen LogP contribution in [0.1, 0.15) is 15.9 Å². The number of hydrogen-bond acceptors (Lipinski definition) is 4. The largest absolute Gasteiger partial charge is 0.368 e. The van der Waals surface area contributed by atoms with E-state index >= 15 is 0 Å². The van der Waals surface area contributed by atoms with Gasteiger partial charge in [0.1, 0.15) is 0 Å². The van der Waals surface area contributed by atoms with Gasteiger partial charge in [0.2, 0.25) is 0 Å². The van der Waals surface area contributed by atoms with Crippen molar-refractivity contribution in [1.82, 2.24) is 14.9 Å². The Kier molecular flexibility index (Phi) is 5.92. The first kappa shape index (κ1) is 21.7. The van der Waals surface area contributed by atoms with Crippen molar-refractivity contribution < 1.29 is 4.79 Å². The van der Waals surface area contributed by atoms with E-state index in [0.29, 0.717) is 29.4 Å². The number of amides is 1. The molecule has 1 fully saturated rings. The van der Waals surface area contributed by atoms with Crippen LogP contribution in [0.3, 0.4) is 0 Å². The van der Waals surface area contributed by atoms with E-state index in [4.69, 9.17) is 28.2 Å². The van der Waals surface area contributed by atoms with Gasteiger partial charge in [0.25, 0.3) is 5.91 Å². The molecule has 1 amide bonds. The Bertz CT molecular complexity index is 1320. The number of pyridine rings is 2. The van der Waals surface area contributed by atoms with Crippen LogP contribution in [0.25, 0.3) is 22.2 Å². The number of rotatable bonds is 3. The Morgan fingerprint density at radius 1 is 0.970 bits per heavy atom. The normalized spacial score (nSPS) is 14.0. The lowest BCUT2D eigenvalue weighted by Gasteiger charge is -2.36. The van der Waals surface area contributed by atoms with Crippen molar-refractivity contribution in [2.45, 2.75) is 6.92 Å². The van der Waals surface area contributed by atoms with Gasteiger partial charge in [0, 0.05) is 65.3 Å². The van der Waals surface area contributed by atoms with Gasteiger partial charge in [-0.15, -0.1) is 0 Å². The van der Waals surface area contributed by atoms with E-state index in [1.54, 1.807) is 12.4 Å². The number of nitrogens with zero attached hydrogens (tertiary/aromatic N) is 4. The summed E-state index contributed by atoms with van der Waals surface area (Å²) < 4.78 is 0. The molecule has 2 aromatic heterocycles. The number of benzene rings is 2.